The van der Waals surface area contributed by atoms with E-state index in [4.69, 9.17) is 4.74 Å². The first kappa shape index (κ1) is 19.9. The molecule has 4 rings (SSSR count). The van der Waals surface area contributed by atoms with Crippen molar-refractivity contribution >= 4 is 23.4 Å². The third-order valence-electron chi connectivity index (χ3n) is 4.96. The van der Waals surface area contributed by atoms with Gasteiger partial charge in [0, 0.05) is 29.8 Å². The maximum atomic E-state index is 11.7. The van der Waals surface area contributed by atoms with Gasteiger partial charge in [0.2, 0.25) is 5.91 Å². The molecule has 2 heterocycles. The second-order valence-electron chi connectivity index (χ2n) is 7.63. The Morgan fingerprint density at radius 2 is 1.29 bits per heavy atom. The van der Waals surface area contributed by atoms with E-state index in [1.807, 2.05) is 61.2 Å². The van der Waals surface area contributed by atoms with E-state index in [0.29, 0.717) is 13.0 Å². The summed E-state index contributed by atoms with van der Waals surface area (Å²) in [5.41, 5.74) is 4.43. The molecule has 2 aliphatic heterocycles. The van der Waals surface area contributed by atoms with E-state index in [0.717, 1.165) is 23.4 Å². The zero-order valence-corrected chi connectivity index (χ0v) is 17.0. The Morgan fingerprint density at radius 3 is 1.89 bits per heavy atom. The van der Waals surface area contributed by atoms with Gasteiger partial charge in [0.1, 0.15) is 6.61 Å². The summed E-state index contributed by atoms with van der Waals surface area (Å²) in [6.07, 6.45) is 1.28. The van der Waals surface area contributed by atoms with E-state index in [1.165, 1.54) is 5.56 Å². The number of nitrogens with zero attached hydrogens (tertiary/aromatic N) is 2. The number of ether oxygens (including phenoxy) is 1. The highest BCUT2D eigenvalue weighted by atomic mass is 16.6. The Bertz CT molecular complexity index is 789. The quantitative estimate of drug-likeness (QED) is 0.742. The molecule has 0 fully saturated rings. The molecule has 5 nitrogen and oxygen atoms in total. The van der Waals surface area contributed by atoms with E-state index in [-0.39, 0.29) is 24.1 Å². The van der Waals surface area contributed by atoms with E-state index >= 15 is 0 Å². The Balaban J connectivity index is 0.000000161. The summed E-state index contributed by atoms with van der Waals surface area (Å²) >= 11 is 0. The summed E-state index contributed by atoms with van der Waals surface area (Å²) in [6, 6.07) is 16.4. The van der Waals surface area contributed by atoms with Gasteiger partial charge in [-0.15, -0.1) is 0 Å². The molecule has 0 N–H and O–H groups in total. The van der Waals surface area contributed by atoms with Gasteiger partial charge in [-0.1, -0.05) is 36.4 Å². The lowest BCUT2D eigenvalue weighted by Crippen LogP contribution is -2.40. The fraction of sp³-hybridized carbons (Fsp3) is 0.391. The third kappa shape index (κ3) is 4.03. The summed E-state index contributed by atoms with van der Waals surface area (Å²) in [6.45, 7) is 8.45. The minimum Gasteiger partial charge on any atom is -0.444 e. The summed E-state index contributed by atoms with van der Waals surface area (Å²) < 4.78 is 5.07. The van der Waals surface area contributed by atoms with Crippen LogP contribution in [-0.2, 0) is 22.6 Å². The summed E-state index contributed by atoms with van der Waals surface area (Å²) in [5, 5.41) is 0. The predicted molar refractivity (Wildman–Crippen MR) is 112 cm³/mol. The summed E-state index contributed by atoms with van der Waals surface area (Å²) in [5.74, 6) is 0.249. The molecule has 0 aliphatic carbocycles. The Morgan fingerprint density at radius 1 is 0.750 bits per heavy atom. The van der Waals surface area contributed by atoms with E-state index < -0.39 is 0 Å². The van der Waals surface area contributed by atoms with Crippen molar-refractivity contribution in [2.24, 2.45) is 0 Å². The number of fused-ring (bicyclic) bond motifs is 2. The van der Waals surface area contributed by atoms with Crippen LogP contribution in [-0.4, -0.2) is 24.1 Å². The van der Waals surface area contributed by atoms with Gasteiger partial charge in [-0.05, 0) is 51.8 Å². The van der Waals surface area contributed by atoms with Crippen LogP contribution in [0.4, 0.5) is 16.2 Å². The fourth-order valence-corrected chi connectivity index (χ4v) is 3.68. The highest BCUT2D eigenvalue weighted by molar-refractivity contribution is 5.96. The molecule has 2 amide bonds. The second kappa shape index (κ2) is 8.46. The maximum absolute atomic E-state index is 11.7. The smallest absolute Gasteiger partial charge is 0.414 e. The number of amides is 2. The lowest BCUT2D eigenvalue weighted by molar-refractivity contribution is -0.119. The first-order valence-electron chi connectivity index (χ1n) is 9.84. The number of anilines is 2. The minimum absolute atomic E-state index is 0.129. The fourth-order valence-electron chi connectivity index (χ4n) is 3.68. The number of cyclic esters (lactones) is 1. The minimum atomic E-state index is -0.251. The molecule has 2 aromatic carbocycles. The number of hydrogen-bond donors (Lipinski definition) is 0. The topological polar surface area (TPSA) is 49.9 Å². The van der Waals surface area contributed by atoms with Crippen LogP contribution in [0.5, 0.6) is 0 Å². The Labute approximate surface area is 166 Å². The molecule has 0 unspecified atom stereocenters. The molecule has 0 aromatic heterocycles. The van der Waals surface area contributed by atoms with Gasteiger partial charge in [0.05, 0.1) is 5.69 Å². The van der Waals surface area contributed by atoms with Gasteiger partial charge in [-0.3, -0.25) is 9.69 Å². The van der Waals surface area contributed by atoms with Crippen LogP contribution in [0.3, 0.4) is 0 Å². The van der Waals surface area contributed by atoms with Crippen LogP contribution in [0.15, 0.2) is 48.5 Å². The normalized spacial score (nSPS) is 15.6. The van der Waals surface area contributed by atoms with Crippen molar-refractivity contribution in [2.75, 3.05) is 9.80 Å². The Kier molecular flexibility index (Phi) is 6.02. The van der Waals surface area contributed by atoms with Crippen LogP contribution in [0.1, 0.15) is 45.2 Å². The van der Waals surface area contributed by atoms with Crippen molar-refractivity contribution in [3.8, 4) is 0 Å². The molecular weight excluding hydrogens is 352 g/mol. The van der Waals surface area contributed by atoms with Crippen molar-refractivity contribution < 1.29 is 14.3 Å². The van der Waals surface area contributed by atoms with Gasteiger partial charge in [0.25, 0.3) is 0 Å². The molecule has 0 spiro atoms. The van der Waals surface area contributed by atoms with Gasteiger partial charge < -0.3 is 9.64 Å². The third-order valence-corrected chi connectivity index (χ3v) is 4.96. The number of rotatable bonds is 2. The van der Waals surface area contributed by atoms with E-state index in [1.54, 1.807) is 4.90 Å². The summed E-state index contributed by atoms with van der Waals surface area (Å²) in [7, 11) is 0. The number of aryl methyl sites for hydroxylation is 1. The molecule has 0 bridgehead atoms. The lowest BCUT2D eigenvalue weighted by atomic mass is 10.00. The number of para-hydroxylation sites is 2. The van der Waals surface area contributed by atoms with Gasteiger partial charge in [0.15, 0.2) is 0 Å². The van der Waals surface area contributed by atoms with Crippen LogP contribution in [0.25, 0.3) is 0 Å². The number of carbonyl (C=O) groups is 2. The van der Waals surface area contributed by atoms with Gasteiger partial charge in [-0.2, -0.15) is 0 Å². The van der Waals surface area contributed by atoms with Crippen LogP contribution in [0, 0.1) is 0 Å². The van der Waals surface area contributed by atoms with Crippen molar-refractivity contribution in [3.63, 3.8) is 0 Å². The van der Waals surface area contributed by atoms with Gasteiger partial charge in [-0.25, -0.2) is 4.79 Å². The molecule has 0 radical (unpaired) electrons. The highest BCUT2D eigenvalue weighted by Gasteiger charge is 2.27. The monoisotopic (exact) mass is 380 g/mol. The van der Waals surface area contributed by atoms with Crippen LogP contribution >= 0.6 is 0 Å². The van der Waals surface area contributed by atoms with Crippen molar-refractivity contribution in [2.45, 2.75) is 59.2 Å². The van der Waals surface area contributed by atoms with Crippen LogP contribution in [0.2, 0.25) is 0 Å². The maximum Gasteiger partial charge on any atom is 0.414 e. The van der Waals surface area contributed by atoms with Crippen molar-refractivity contribution in [3.05, 3.63) is 59.7 Å². The van der Waals surface area contributed by atoms with E-state index in [2.05, 4.69) is 19.9 Å². The zero-order chi connectivity index (χ0) is 20.3. The van der Waals surface area contributed by atoms with Crippen molar-refractivity contribution in [1.29, 1.82) is 0 Å². The van der Waals surface area contributed by atoms with Crippen molar-refractivity contribution in [1.82, 2.24) is 0 Å². The number of benzene rings is 2. The van der Waals surface area contributed by atoms with Crippen LogP contribution < -0.4 is 9.80 Å². The standard InChI is InChI=1S/C12H15NO.C11H13NO2/c1-9(2)13-11-6-4-3-5-10(11)7-8-12(13)14;1-8(2)12-10-6-4-3-5-9(10)7-14-11(12)13/h3-6,9H,7-8H2,1-2H3;3-6,8H,7H2,1-2H3. The summed E-state index contributed by atoms with van der Waals surface area (Å²) in [4.78, 5) is 26.8. The van der Waals surface area contributed by atoms with E-state index in [9.17, 15) is 9.59 Å². The van der Waals surface area contributed by atoms with Gasteiger partial charge >= 0.3 is 6.09 Å². The molecule has 0 saturated carbocycles. The molecule has 148 valence electrons. The highest BCUT2D eigenvalue weighted by Crippen LogP contribution is 2.29. The number of hydrogen-bond acceptors (Lipinski definition) is 3. The first-order chi connectivity index (χ1) is 13.4. The lowest BCUT2D eigenvalue weighted by Gasteiger charge is -2.32. The molecule has 2 aliphatic rings. The molecule has 2 aromatic rings. The molecular formula is C23H28N2O3. The average molecular weight is 380 g/mol. The molecule has 5 heteroatoms. The number of carbonyl (C=O) groups excluding carboxylic acids is 2. The average Bonchev–Trinajstić information content (AvgIpc) is 2.67. The molecule has 0 atom stereocenters. The second-order valence-corrected chi connectivity index (χ2v) is 7.63. The predicted octanol–water partition coefficient (Wildman–Crippen LogP) is 4.93. The largest absolute Gasteiger partial charge is 0.444 e. The SMILES string of the molecule is CC(C)N1C(=O)CCc2ccccc21.CC(C)N1C(=O)OCc2ccccc21. The first-order valence-corrected chi connectivity index (χ1v) is 9.84. The molecule has 28 heavy (non-hydrogen) atoms. The molecule has 0 saturated heterocycles. The Hall–Kier alpha value is -2.82. The zero-order valence-electron chi connectivity index (χ0n) is 17.0.